The van der Waals surface area contributed by atoms with Gasteiger partial charge in [-0.2, -0.15) is 9.78 Å². The number of fused-ring (bicyclic) bond motifs is 1. The van der Waals surface area contributed by atoms with Crippen LogP contribution < -0.4 is 15.0 Å². The number of methoxy groups -OCH3 is 1. The van der Waals surface area contributed by atoms with Gasteiger partial charge in [-0.1, -0.05) is 46.8 Å². The van der Waals surface area contributed by atoms with Gasteiger partial charge in [-0.3, -0.25) is 4.79 Å². The highest BCUT2D eigenvalue weighted by Gasteiger charge is 2.22. The molecule has 0 bridgehead atoms. The van der Waals surface area contributed by atoms with Crippen LogP contribution in [0.1, 0.15) is 56.3 Å². The lowest BCUT2D eigenvalue weighted by Gasteiger charge is -2.22. The van der Waals surface area contributed by atoms with Crippen molar-refractivity contribution < 1.29 is 9.47 Å². The molecule has 1 aliphatic rings. The van der Waals surface area contributed by atoms with Crippen LogP contribution >= 0.6 is 27.5 Å². The molecule has 32 heavy (non-hydrogen) atoms. The van der Waals surface area contributed by atoms with Crippen LogP contribution in [0.2, 0.25) is 5.02 Å². The van der Waals surface area contributed by atoms with E-state index in [1.54, 1.807) is 31.5 Å². The van der Waals surface area contributed by atoms with E-state index in [0.717, 1.165) is 30.2 Å². The van der Waals surface area contributed by atoms with E-state index in [4.69, 9.17) is 26.1 Å². The van der Waals surface area contributed by atoms with Gasteiger partial charge in [0, 0.05) is 27.0 Å². The standard InChI is InChI=1S/C24H25BrClN3O3/c1-3-32-22-16(11-18(26)13-21(22)31-2)14-27-29-23(15-7-5-4-6-8-15)28-20-10-9-17(25)12-19(20)24(29)30/h9-15H,3-8H2,1-2H3. The van der Waals surface area contributed by atoms with Gasteiger partial charge in [0.15, 0.2) is 11.5 Å². The second kappa shape index (κ2) is 10.0. The Hall–Kier alpha value is -2.38. The van der Waals surface area contributed by atoms with Crippen molar-refractivity contribution in [2.45, 2.75) is 44.9 Å². The number of aromatic nitrogens is 2. The molecule has 0 spiro atoms. The van der Waals surface area contributed by atoms with Crippen LogP contribution in [-0.2, 0) is 0 Å². The molecule has 1 aliphatic carbocycles. The first-order valence-corrected chi connectivity index (χ1v) is 12.0. The molecule has 1 heterocycles. The van der Waals surface area contributed by atoms with Crippen LogP contribution in [0.15, 0.2) is 44.7 Å². The van der Waals surface area contributed by atoms with Crippen molar-refractivity contribution in [3.05, 3.63) is 61.6 Å². The summed E-state index contributed by atoms with van der Waals surface area (Å²) in [5.41, 5.74) is 1.12. The normalized spacial score (nSPS) is 14.9. The highest BCUT2D eigenvalue weighted by Crippen LogP contribution is 2.35. The maximum Gasteiger partial charge on any atom is 0.282 e. The van der Waals surface area contributed by atoms with Gasteiger partial charge in [-0.25, -0.2) is 4.98 Å². The minimum Gasteiger partial charge on any atom is -0.493 e. The Labute approximate surface area is 200 Å². The Morgan fingerprint density at radius 1 is 1.25 bits per heavy atom. The predicted octanol–water partition coefficient (Wildman–Crippen LogP) is 6.15. The van der Waals surface area contributed by atoms with Gasteiger partial charge in [0.05, 0.1) is 30.8 Å². The second-order valence-corrected chi connectivity index (χ2v) is 9.14. The van der Waals surface area contributed by atoms with Gasteiger partial charge in [-0.05, 0) is 44.0 Å². The van der Waals surface area contributed by atoms with Gasteiger partial charge in [0.2, 0.25) is 0 Å². The Morgan fingerprint density at radius 2 is 2.03 bits per heavy atom. The molecule has 1 fully saturated rings. The maximum atomic E-state index is 13.5. The van der Waals surface area contributed by atoms with E-state index in [1.165, 1.54) is 11.1 Å². The second-order valence-electron chi connectivity index (χ2n) is 7.79. The monoisotopic (exact) mass is 517 g/mol. The fraction of sp³-hybridized carbons (Fsp3) is 0.375. The molecule has 0 unspecified atom stereocenters. The molecular formula is C24H25BrClN3O3. The molecule has 1 saturated carbocycles. The SMILES string of the molecule is CCOc1c(C=Nn2c(C3CCCCC3)nc3ccc(Br)cc3c2=O)cc(Cl)cc1OC. The molecule has 8 heteroatoms. The molecule has 0 amide bonds. The highest BCUT2D eigenvalue weighted by molar-refractivity contribution is 9.10. The summed E-state index contributed by atoms with van der Waals surface area (Å²) in [4.78, 5) is 18.3. The van der Waals surface area contributed by atoms with E-state index in [2.05, 4.69) is 21.0 Å². The highest BCUT2D eigenvalue weighted by atomic mass is 79.9. The first kappa shape index (κ1) is 22.8. The third-order valence-corrected chi connectivity index (χ3v) is 6.38. The first-order valence-electron chi connectivity index (χ1n) is 10.8. The molecular weight excluding hydrogens is 494 g/mol. The molecule has 168 valence electrons. The largest absolute Gasteiger partial charge is 0.493 e. The zero-order valence-electron chi connectivity index (χ0n) is 18.1. The third kappa shape index (κ3) is 4.69. The van der Waals surface area contributed by atoms with Crippen molar-refractivity contribution in [2.24, 2.45) is 5.10 Å². The Morgan fingerprint density at radius 3 is 2.75 bits per heavy atom. The van der Waals surface area contributed by atoms with Crippen LogP contribution in [0.5, 0.6) is 11.5 Å². The van der Waals surface area contributed by atoms with Crippen molar-refractivity contribution in [2.75, 3.05) is 13.7 Å². The number of ether oxygens (including phenoxy) is 2. The maximum absolute atomic E-state index is 13.5. The zero-order chi connectivity index (χ0) is 22.7. The number of hydrogen-bond acceptors (Lipinski definition) is 5. The van der Waals surface area contributed by atoms with Crippen LogP contribution in [0.3, 0.4) is 0 Å². The summed E-state index contributed by atoms with van der Waals surface area (Å²) in [5.74, 6) is 1.95. The van der Waals surface area contributed by atoms with Crippen molar-refractivity contribution in [1.29, 1.82) is 0 Å². The van der Waals surface area contributed by atoms with E-state index >= 15 is 0 Å². The van der Waals surface area contributed by atoms with E-state index in [9.17, 15) is 4.79 Å². The summed E-state index contributed by atoms with van der Waals surface area (Å²) >= 11 is 9.73. The quantitative estimate of drug-likeness (QED) is 0.367. The average molecular weight is 519 g/mol. The van der Waals surface area contributed by atoms with Crippen molar-refractivity contribution in [1.82, 2.24) is 9.66 Å². The number of halogens is 2. The van der Waals surface area contributed by atoms with Crippen LogP contribution in [0, 0.1) is 0 Å². The minimum atomic E-state index is -0.194. The van der Waals surface area contributed by atoms with Gasteiger partial charge in [0.1, 0.15) is 5.82 Å². The molecule has 0 aliphatic heterocycles. The smallest absolute Gasteiger partial charge is 0.282 e. The molecule has 0 radical (unpaired) electrons. The van der Waals surface area contributed by atoms with Crippen LogP contribution in [-0.4, -0.2) is 29.6 Å². The summed E-state index contributed by atoms with van der Waals surface area (Å²) in [5, 5.41) is 5.61. The molecule has 0 saturated heterocycles. The lowest BCUT2D eigenvalue weighted by molar-refractivity contribution is 0.310. The number of rotatable bonds is 6. The summed E-state index contributed by atoms with van der Waals surface area (Å²) in [6.45, 7) is 2.35. The fourth-order valence-corrected chi connectivity index (χ4v) is 4.74. The zero-order valence-corrected chi connectivity index (χ0v) is 20.4. The van der Waals surface area contributed by atoms with Gasteiger partial charge < -0.3 is 9.47 Å². The average Bonchev–Trinajstić information content (AvgIpc) is 2.80. The number of hydrogen-bond donors (Lipinski definition) is 0. The molecule has 2 aromatic carbocycles. The molecule has 0 atom stereocenters. The van der Waals surface area contributed by atoms with E-state index in [0.29, 0.717) is 45.4 Å². The van der Waals surface area contributed by atoms with Crippen LogP contribution in [0.25, 0.3) is 10.9 Å². The summed E-state index contributed by atoms with van der Waals surface area (Å²) in [7, 11) is 1.56. The summed E-state index contributed by atoms with van der Waals surface area (Å²) in [6, 6.07) is 9.00. The molecule has 1 aromatic heterocycles. The van der Waals surface area contributed by atoms with Gasteiger partial charge >= 0.3 is 0 Å². The summed E-state index contributed by atoms with van der Waals surface area (Å²) < 4.78 is 13.5. The van der Waals surface area contributed by atoms with Crippen molar-refractivity contribution >= 4 is 44.6 Å². The first-order chi connectivity index (χ1) is 15.5. The number of nitrogens with zero attached hydrogens (tertiary/aromatic N) is 3. The molecule has 0 N–H and O–H groups in total. The lowest BCUT2D eigenvalue weighted by Crippen LogP contribution is -2.25. The fourth-order valence-electron chi connectivity index (χ4n) is 4.16. The topological polar surface area (TPSA) is 65.7 Å². The Bertz CT molecular complexity index is 1220. The minimum absolute atomic E-state index is 0.194. The van der Waals surface area contributed by atoms with E-state index < -0.39 is 0 Å². The summed E-state index contributed by atoms with van der Waals surface area (Å²) in [6.07, 6.45) is 7.06. The molecule has 4 rings (SSSR count). The van der Waals surface area contributed by atoms with E-state index in [-0.39, 0.29) is 11.5 Å². The Balaban J connectivity index is 1.88. The number of benzene rings is 2. The van der Waals surface area contributed by atoms with Crippen molar-refractivity contribution in [3.8, 4) is 11.5 Å². The van der Waals surface area contributed by atoms with Crippen molar-refractivity contribution in [3.63, 3.8) is 0 Å². The third-order valence-electron chi connectivity index (χ3n) is 5.67. The Kier molecular flexibility index (Phi) is 7.16. The molecule has 3 aromatic rings. The van der Waals surface area contributed by atoms with Gasteiger partial charge in [-0.15, -0.1) is 0 Å². The van der Waals surface area contributed by atoms with Crippen LogP contribution in [0.4, 0.5) is 0 Å². The lowest BCUT2D eigenvalue weighted by atomic mass is 9.88. The predicted molar refractivity (Wildman–Crippen MR) is 132 cm³/mol. The van der Waals surface area contributed by atoms with Gasteiger partial charge in [0.25, 0.3) is 5.56 Å². The van der Waals surface area contributed by atoms with E-state index in [1.807, 2.05) is 19.1 Å². The molecule has 6 nitrogen and oxygen atoms in total.